The molecule has 0 saturated carbocycles. The van der Waals surface area contributed by atoms with Crippen LogP contribution in [0.2, 0.25) is 0 Å². The molecule has 0 saturated heterocycles. The van der Waals surface area contributed by atoms with Crippen LogP contribution in [0.25, 0.3) is 5.69 Å². The lowest BCUT2D eigenvalue weighted by atomic mass is 10.1. The molecule has 0 spiro atoms. The summed E-state index contributed by atoms with van der Waals surface area (Å²) in [5.74, 6) is 1.33. The number of ether oxygens (including phenoxy) is 1. The number of nitrogens with zero attached hydrogens (tertiary/aromatic N) is 4. The molecule has 0 unspecified atom stereocenters. The van der Waals surface area contributed by atoms with Gasteiger partial charge in [-0.1, -0.05) is 30.3 Å². The van der Waals surface area contributed by atoms with Crippen molar-refractivity contribution in [3.05, 3.63) is 71.8 Å². The summed E-state index contributed by atoms with van der Waals surface area (Å²) in [4.78, 5) is 4.15. The van der Waals surface area contributed by atoms with E-state index >= 15 is 0 Å². The van der Waals surface area contributed by atoms with Gasteiger partial charge in [0.15, 0.2) is 18.4 Å². The number of para-hydroxylation sites is 1. The minimum Gasteiger partial charge on any atom is -0.484 e. The van der Waals surface area contributed by atoms with Gasteiger partial charge in [0, 0.05) is 24.8 Å². The smallest absolute Gasteiger partial charge is 0.422 e. The molecular weight excluding hydrogens is 536 g/mol. The maximum absolute atomic E-state index is 12.5. The number of aromatic nitrogens is 3. The van der Waals surface area contributed by atoms with Crippen molar-refractivity contribution in [2.24, 2.45) is 4.99 Å². The number of guanidine groups is 1. The van der Waals surface area contributed by atoms with Crippen molar-refractivity contribution in [3.63, 3.8) is 0 Å². The molecule has 7 nitrogen and oxygen atoms in total. The number of hydrogen-bond donors (Lipinski definition) is 2. The van der Waals surface area contributed by atoms with Crippen molar-refractivity contribution < 1.29 is 17.9 Å². The molecule has 1 aromatic heterocycles. The van der Waals surface area contributed by atoms with Crippen LogP contribution in [-0.4, -0.2) is 40.6 Å². The topological polar surface area (TPSA) is 76.4 Å². The number of halogens is 4. The molecule has 0 atom stereocenters. The highest BCUT2D eigenvalue weighted by Crippen LogP contribution is 2.23. The molecule has 0 bridgehead atoms. The highest BCUT2D eigenvalue weighted by atomic mass is 127. The molecule has 172 valence electrons. The second kappa shape index (κ2) is 11.7. The molecule has 32 heavy (non-hydrogen) atoms. The van der Waals surface area contributed by atoms with Crippen LogP contribution in [0.3, 0.4) is 0 Å². The van der Waals surface area contributed by atoms with Gasteiger partial charge in [-0.3, -0.25) is 9.56 Å². The molecule has 11 heteroatoms. The molecule has 1 heterocycles. The predicted molar refractivity (Wildman–Crippen MR) is 127 cm³/mol. The Labute approximate surface area is 201 Å². The van der Waals surface area contributed by atoms with Crippen LogP contribution in [0, 0.1) is 6.92 Å². The zero-order valence-corrected chi connectivity index (χ0v) is 19.9. The standard InChI is InChI=1S/C21H23F3N6O.HI/c1-15-8-9-16(18(10-15)31-13-21(22,23)24)11-26-20(25-2)27-12-19-29-28-14-30(19)17-6-4-3-5-7-17;/h3-10,14H,11-13H2,1-2H3,(H2,25,26,27);1H. The second-order valence-electron chi connectivity index (χ2n) is 6.75. The number of aliphatic imine (C=N–C) groups is 1. The quantitative estimate of drug-likeness (QED) is 0.260. The summed E-state index contributed by atoms with van der Waals surface area (Å²) in [6.07, 6.45) is -2.78. The fraction of sp³-hybridized carbons (Fsp3) is 0.286. The Balaban J connectivity index is 0.00000363. The van der Waals surface area contributed by atoms with Crippen LogP contribution in [0.1, 0.15) is 17.0 Å². The molecule has 0 fully saturated rings. The minimum absolute atomic E-state index is 0. The SMILES string of the molecule is CN=C(NCc1ccc(C)cc1OCC(F)(F)F)NCc1nncn1-c1ccccc1.I. The number of benzene rings is 2. The van der Waals surface area contributed by atoms with Gasteiger partial charge in [0.05, 0.1) is 6.54 Å². The zero-order valence-electron chi connectivity index (χ0n) is 17.6. The first-order chi connectivity index (χ1) is 14.9. The molecule has 2 aromatic carbocycles. The van der Waals surface area contributed by atoms with Crippen LogP contribution < -0.4 is 15.4 Å². The Morgan fingerprint density at radius 1 is 1.09 bits per heavy atom. The van der Waals surface area contributed by atoms with Crippen LogP contribution in [0.15, 0.2) is 59.9 Å². The van der Waals surface area contributed by atoms with E-state index in [9.17, 15) is 13.2 Å². The third-order valence-corrected chi connectivity index (χ3v) is 4.35. The van der Waals surface area contributed by atoms with Gasteiger partial charge in [-0.05, 0) is 30.7 Å². The summed E-state index contributed by atoms with van der Waals surface area (Å²) in [5.41, 5.74) is 2.33. The lowest BCUT2D eigenvalue weighted by Gasteiger charge is -2.16. The Morgan fingerprint density at radius 2 is 1.81 bits per heavy atom. The van der Waals surface area contributed by atoms with E-state index in [1.807, 2.05) is 41.0 Å². The summed E-state index contributed by atoms with van der Waals surface area (Å²) in [6.45, 7) is 1.03. The van der Waals surface area contributed by atoms with E-state index in [2.05, 4.69) is 25.8 Å². The zero-order chi connectivity index (χ0) is 22.3. The van der Waals surface area contributed by atoms with E-state index in [0.29, 0.717) is 23.9 Å². The molecule has 0 aliphatic carbocycles. The van der Waals surface area contributed by atoms with Crippen molar-refractivity contribution in [1.29, 1.82) is 0 Å². The summed E-state index contributed by atoms with van der Waals surface area (Å²) in [7, 11) is 1.60. The molecule has 0 aliphatic heterocycles. The monoisotopic (exact) mass is 560 g/mol. The number of rotatable bonds is 7. The van der Waals surface area contributed by atoms with Gasteiger partial charge >= 0.3 is 6.18 Å². The average Bonchev–Trinajstić information content (AvgIpc) is 3.22. The Bertz CT molecular complexity index is 1020. The molecule has 0 radical (unpaired) electrons. The van der Waals surface area contributed by atoms with Gasteiger partial charge in [-0.15, -0.1) is 34.2 Å². The van der Waals surface area contributed by atoms with E-state index in [-0.39, 0.29) is 36.3 Å². The number of hydrogen-bond acceptors (Lipinski definition) is 4. The number of nitrogens with one attached hydrogen (secondary N) is 2. The van der Waals surface area contributed by atoms with Gasteiger partial charge in [0.1, 0.15) is 12.1 Å². The lowest BCUT2D eigenvalue weighted by Crippen LogP contribution is -2.37. The summed E-state index contributed by atoms with van der Waals surface area (Å²) in [5, 5.41) is 14.3. The van der Waals surface area contributed by atoms with Gasteiger partial charge in [0.25, 0.3) is 0 Å². The fourth-order valence-electron chi connectivity index (χ4n) is 2.85. The third-order valence-electron chi connectivity index (χ3n) is 4.35. The predicted octanol–water partition coefficient (Wildman–Crippen LogP) is 4.00. The highest BCUT2D eigenvalue weighted by molar-refractivity contribution is 14.0. The van der Waals surface area contributed by atoms with Crippen LogP contribution in [-0.2, 0) is 13.1 Å². The Hall–Kier alpha value is -2.83. The van der Waals surface area contributed by atoms with E-state index in [1.165, 1.54) is 0 Å². The number of alkyl halides is 3. The van der Waals surface area contributed by atoms with Gasteiger partial charge in [-0.2, -0.15) is 13.2 Å². The van der Waals surface area contributed by atoms with Gasteiger partial charge < -0.3 is 15.4 Å². The fourth-order valence-corrected chi connectivity index (χ4v) is 2.85. The van der Waals surface area contributed by atoms with Crippen LogP contribution >= 0.6 is 24.0 Å². The summed E-state index contributed by atoms with van der Waals surface area (Å²) >= 11 is 0. The molecule has 3 aromatic rings. The molecule has 3 rings (SSSR count). The van der Waals surface area contributed by atoms with E-state index in [0.717, 1.165) is 11.3 Å². The third kappa shape index (κ3) is 7.39. The van der Waals surface area contributed by atoms with Crippen LogP contribution in [0.5, 0.6) is 5.75 Å². The Kier molecular flexibility index (Phi) is 9.29. The first kappa shape index (κ1) is 25.4. The van der Waals surface area contributed by atoms with Gasteiger partial charge in [0.2, 0.25) is 0 Å². The normalized spacial score (nSPS) is 11.6. The van der Waals surface area contributed by atoms with E-state index in [4.69, 9.17) is 4.74 Å². The average molecular weight is 560 g/mol. The minimum atomic E-state index is -4.40. The maximum Gasteiger partial charge on any atom is 0.422 e. The van der Waals surface area contributed by atoms with Crippen molar-refractivity contribution in [1.82, 2.24) is 25.4 Å². The first-order valence-electron chi connectivity index (χ1n) is 9.53. The summed E-state index contributed by atoms with van der Waals surface area (Å²) in [6, 6.07) is 14.8. The second-order valence-corrected chi connectivity index (χ2v) is 6.75. The largest absolute Gasteiger partial charge is 0.484 e. The van der Waals surface area contributed by atoms with Crippen molar-refractivity contribution >= 4 is 29.9 Å². The van der Waals surface area contributed by atoms with Crippen molar-refractivity contribution in [2.45, 2.75) is 26.2 Å². The van der Waals surface area contributed by atoms with Crippen LogP contribution in [0.4, 0.5) is 13.2 Å². The number of aryl methyl sites for hydroxylation is 1. The molecule has 0 aliphatic rings. The molecule has 2 N–H and O–H groups in total. The van der Waals surface area contributed by atoms with Gasteiger partial charge in [-0.25, -0.2) is 0 Å². The Morgan fingerprint density at radius 3 is 2.50 bits per heavy atom. The molecule has 0 amide bonds. The van der Waals surface area contributed by atoms with Crippen molar-refractivity contribution in [3.8, 4) is 11.4 Å². The summed E-state index contributed by atoms with van der Waals surface area (Å²) < 4.78 is 44.5. The lowest BCUT2D eigenvalue weighted by molar-refractivity contribution is -0.153. The highest BCUT2D eigenvalue weighted by Gasteiger charge is 2.28. The van der Waals surface area contributed by atoms with Crippen molar-refractivity contribution in [2.75, 3.05) is 13.7 Å². The van der Waals surface area contributed by atoms with E-state index < -0.39 is 12.8 Å². The first-order valence-corrected chi connectivity index (χ1v) is 9.53. The maximum atomic E-state index is 12.5. The molecular formula is C21H24F3IN6O. The van der Waals surface area contributed by atoms with E-state index in [1.54, 1.807) is 32.4 Å².